The van der Waals surface area contributed by atoms with E-state index in [1.165, 1.54) is 11.1 Å². The molecule has 0 saturated heterocycles. The minimum Gasteiger partial charge on any atom is -0.309 e. The first kappa shape index (κ1) is 10.8. The molecule has 1 aromatic rings. The Hall–Kier alpha value is -1.26. The molecule has 0 aromatic heterocycles. The standard InChI is InChI=1S/C13H17N/c1-4-8-13(14-5-2)12-10-7-6-9-11(12)3/h1,6-7,9-10,13-14H,5,8H2,2-3H3. The summed E-state index contributed by atoms with van der Waals surface area (Å²) in [5.41, 5.74) is 2.61. The maximum absolute atomic E-state index is 5.36. The molecular weight excluding hydrogens is 170 g/mol. The van der Waals surface area contributed by atoms with Gasteiger partial charge in [0.15, 0.2) is 0 Å². The summed E-state index contributed by atoms with van der Waals surface area (Å²) in [6.45, 7) is 5.17. The van der Waals surface area contributed by atoms with Gasteiger partial charge in [-0.25, -0.2) is 0 Å². The monoisotopic (exact) mass is 187 g/mol. The molecule has 0 heterocycles. The zero-order valence-electron chi connectivity index (χ0n) is 8.88. The highest BCUT2D eigenvalue weighted by Crippen LogP contribution is 2.19. The summed E-state index contributed by atoms with van der Waals surface area (Å²) in [7, 11) is 0. The van der Waals surface area contributed by atoms with Gasteiger partial charge in [0.1, 0.15) is 0 Å². The van der Waals surface area contributed by atoms with Gasteiger partial charge in [0.2, 0.25) is 0 Å². The van der Waals surface area contributed by atoms with Gasteiger partial charge in [-0.05, 0) is 24.6 Å². The van der Waals surface area contributed by atoms with Gasteiger partial charge in [-0.2, -0.15) is 0 Å². The second-order valence-electron chi connectivity index (χ2n) is 3.38. The van der Waals surface area contributed by atoms with E-state index in [4.69, 9.17) is 6.42 Å². The molecule has 74 valence electrons. The van der Waals surface area contributed by atoms with Crippen molar-refractivity contribution in [2.75, 3.05) is 6.54 Å². The number of hydrogen-bond donors (Lipinski definition) is 1. The normalized spacial score (nSPS) is 12.1. The fourth-order valence-corrected chi connectivity index (χ4v) is 1.63. The fourth-order valence-electron chi connectivity index (χ4n) is 1.63. The SMILES string of the molecule is C#CCC(NCC)c1ccccc1C. The van der Waals surface area contributed by atoms with E-state index < -0.39 is 0 Å². The van der Waals surface area contributed by atoms with E-state index in [1.807, 2.05) is 0 Å². The van der Waals surface area contributed by atoms with Gasteiger partial charge in [-0.15, -0.1) is 12.3 Å². The first-order valence-corrected chi connectivity index (χ1v) is 5.02. The van der Waals surface area contributed by atoms with Crippen molar-refractivity contribution in [3.8, 4) is 12.3 Å². The topological polar surface area (TPSA) is 12.0 Å². The third kappa shape index (κ3) is 2.61. The summed E-state index contributed by atoms with van der Waals surface area (Å²) in [6, 6.07) is 8.67. The Labute approximate surface area is 86.5 Å². The van der Waals surface area contributed by atoms with E-state index in [0.29, 0.717) is 6.04 Å². The first-order chi connectivity index (χ1) is 6.79. The Morgan fingerprint density at radius 1 is 1.43 bits per heavy atom. The minimum atomic E-state index is 0.297. The predicted octanol–water partition coefficient (Wildman–Crippen LogP) is 2.67. The van der Waals surface area contributed by atoms with Crippen molar-refractivity contribution in [1.82, 2.24) is 5.32 Å². The zero-order valence-corrected chi connectivity index (χ0v) is 8.88. The van der Waals surface area contributed by atoms with Crippen molar-refractivity contribution in [3.63, 3.8) is 0 Å². The van der Waals surface area contributed by atoms with E-state index in [9.17, 15) is 0 Å². The Balaban J connectivity index is 2.88. The molecule has 0 aliphatic rings. The summed E-state index contributed by atoms with van der Waals surface area (Å²) in [4.78, 5) is 0. The van der Waals surface area contributed by atoms with E-state index in [1.54, 1.807) is 0 Å². The van der Waals surface area contributed by atoms with Crippen LogP contribution < -0.4 is 5.32 Å². The van der Waals surface area contributed by atoms with Crippen LogP contribution >= 0.6 is 0 Å². The second kappa shape index (κ2) is 5.47. The minimum absolute atomic E-state index is 0.297. The third-order valence-corrected chi connectivity index (χ3v) is 2.34. The van der Waals surface area contributed by atoms with Crippen LogP contribution in [-0.4, -0.2) is 6.54 Å². The van der Waals surface area contributed by atoms with Gasteiger partial charge in [-0.1, -0.05) is 31.2 Å². The molecule has 0 fully saturated rings. The summed E-state index contributed by atoms with van der Waals surface area (Å²) >= 11 is 0. The number of benzene rings is 1. The Morgan fingerprint density at radius 3 is 2.71 bits per heavy atom. The van der Waals surface area contributed by atoms with Crippen LogP contribution in [0.15, 0.2) is 24.3 Å². The highest BCUT2D eigenvalue weighted by Gasteiger charge is 2.09. The number of aryl methyl sites for hydroxylation is 1. The molecule has 0 aliphatic heterocycles. The molecule has 1 N–H and O–H groups in total. The van der Waals surface area contributed by atoms with Gasteiger partial charge in [-0.3, -0.25) is 0 Å². The molecule has 0 bridgehead atoms. The molecule has 0 radical (unpaired) electrons. The lowest BCUT2D eigenvalue weighted by Gasteiger charge is -2.17. The molecule has 1 aromatic carbocycles. The van der Waals surface area contributed by atoms with Crippen LogP contribution in [-0.2, 0) is 0 Å². The zero-order chi connectivity index (χ0) is 10.4. The van der Waals surface area contributed by atoms with Gasteiger partial charge >= 0.3 is 0 Å². The molecule has 0 saturated carbocycles. The maximum atomic E-state index is 5.36. The molecule has 1 unspecified atom stereocenters. The number of terminal acetylenes is 1. The van der Waals surface area contributed by atoms with Crippen molar-refractivity contribution >= 4 is 0 Å². The van der Waals surface area contributed by atoms with Gasteiger partial charge in [0.05, 0.1) is 0 Å². The maximum Gasteiger partial charge on any atom is 0.0433 e. The highest BCUT2D eigenvalue weighted by molar-refractivity contribution is 5.29. The van der Waals surface area contributed by atoms with E-state index in [-0.39, 0.29) is 0 Å². The lowest BCUT2D eigenvalue weighted by molar-refractivity contribution is 0.563. The van der Waals surface area contributed by atoms with Crippen LogP contribution in [0.25, 0.3) is 0 Å². The number of hydrogen-bond acceptors (Lipinski definition) is 1. The Bertz CT molecular complexity index is 322. The molecule has 0 aliphatic carbocycles. The molecule has 1 atom stereocenters. The van der Waals surface area contributed by atoms with Gasteiger partial charge in [0, 0.05) is 12.5 Å². The third-order valence-electron chi connectivity index (χ3n) is 2.34. The molecule has 1 heteroatoms. The van der Waals surface area contributed by atoms with Crippen LogP contribution in [0.4, 0.5) is 0 Å². The molecule has 0 amide bonds. The molecule has 1 nitrogen and oxygen atoms in total. The van der Waals surface area contributed by atoms with Crippen LogP contribution in [0, 0.1) is 19.3 Å². The van der Waals surface area contributed by atoms with Crippen LogP contribution in [0.3, 0.4) is 0 Å². The van der Waals surface area contributed by atoms with Crippen molar-refractivity contribution in [2.45, 2.75) is 26.3 Å². The summed E-state index contributed by atoms with van der Waals surface area (Å²) < 4.78 is 0. The van der Waals surface area contributed by atoms with Crippen LogP contribution in [0.5, 0.6) is 0 Å². The largest absolute Gasteiger partial charge is 0.309 e. The average molecular weight is 187 g/mol. The van der Waals surface area contributed by atoms with Crippen LogP contribution in [0.1, 0.15) is 30.5 Å². The van der Waals surface area contributed by atoms with Gasteiger partial charge in [0.25, 0.3) is 0 Å². The highest BCUT2D eigenvalue weighted by atomic mass is 14.9. The van der Waals surface area contributed by atoms with Crippen LogP contribution in [0.2, 0.25) is 0 Å². The molecule has 0 spiro atoms. The van der Waals surface area contributed by atoms with E-state index in [2.05, 4.69) is 49.4 Å². The fraction of sp³-hybridized carbons (Fsp3) is 0.385. The van der Waals surface area contributed by atoms with Crippen molar-refractivity contribution < 1.29 is 0 Å². The van der Waals surface area contributed by atoms with Gasteiger partial charge < -0.3 is 5.32 Å². The lowest BCUT2D eigenvalue weighted by atomic mass is 9.99. The molecular formula is C13H17N. The average Bonchev–Trinajstić information content (AvgIpc) is 2.18. The number of rotatable bonds is 4. The molecule has 1 rings (SSSR count). The quantitative estimate of drug-likeness (QED) is 0.715. The lowest BCUT2D eigenvalue weighted by Crippen LogP contribution is -2.21. The van der Waals surface area contributed by atoms with Crippen molar-refractivity contribution in [3.05, 3.63) is 35.4 Å². The smallest absolute Gasteiger partial charge is 0.0433 e. The summed E-state index contributed by atoms with van der Waals surface area (Å²) in [5, 5.41) is 3.40. The number of nitrogens with one attached hydrogen (secondary N) is 1. The first-order valence-electron chi connectivity index (χ1n) is 5.02. The molecule has 14 heavy (non-hydrogen) atoms. The second-order valence-corrected chi connectivity index (χ2v) is 3.38. The van der Waals surface area contributed by atoms with Crippen molar-refractivity contribution in [2.24, 2.45) is 0 Å². The summed E-state index contributed by atoms with van der Waals surface area (Å²) in [5.74, 6) is 2.72. The summed E-state index contributed by atoms with van der Waals surface area (Å²) in [6.07, 6.45) is 6.11. The Morgan fingerprint density at radius 2 is 2.14 bits per heavy atom. The Kier molecular flexibility index (Phi) is 4.22. The van der Waals surface area contributed by atoms with Crippen molar-refractivity contribution in [1.29, 1.82) is 0 Å². The van der Waals surface area contributed by atoms with E-state index in [0.717, 1.165) is 13.0 Å². The predicted molar refractivity (Wildman–Crippen MR) is 61.0 cm³/mol. The van der Waals surface area contributed by atoms with E-state index >= 15 is 0 Å².